The average Bonchev–Trinajstić information content (AvgIpc) is 2.32. The quantitative estimate of drug-likeness (QED) is 0.448. The van der Waals surface area contributed by atoms with Gasteiger partial charge in [0.2, 0.25) is 0 Å². The molecule has 0 saturated carbocycles. The fraction of sp³-hybridized carbons (Fsp3) is 0.273. The van der Waals surface area contributed by atoms with Crippen LogP contribution in [-0.4, -0.2) is 20.4 Å². The third kappa shape index (κ3) is 8.70. The smallest absolute Gasteiger partial charge is 0.283 e. The second-order valence-electron chi connectivity index (χ2n) is 2.74. The van der Waals surface area contributed by atoms with E-state index in [1.54, 1.807) is 31.2 Å². The van der Waals surface area contributed by atoms with Gasteiger partial charge < -0.3 is 20.4 Å². The molecular weight excluding hydrogens is 224 g/mol. The fourth-order valence-electron chi connectivity index (χ4n) is 0.909. The topological polar surface area (TPSA) is 128 Å². The van der Waals surface area contributed by atoms with E-state index in [1.807, 2.05) is 6.07 Å². The molecule has 1 aromatic carbocycles. The van der Waals surface area contributed by atoms with Gasteiger partial charge in [-0.1, -0.05) is 37.3 Å². The van der Waals surface area contributed by atoms with E-state index in [1.165, 1.54) is 0 Å². The number of benzene rings is 1. The Kier molecular flexibility index (Phi) is 10.3. The van der Waals surface area contributed by atoms with E-state index in [0.29, 0.717) is 12.0 Å². The molecule has 0 aliphatic carbocycles. The van der Waals surface area contributed by atoms with Crippen LogP contribution >= 0.6 is 0 Å². The predicted molar refractivity (Wildman–Crippen MR) is 57.9 cm³/mol. The predicted octanol–water partition coefficient (Wildman–Crippen LogP) is 0.914. The Bertz CT molecular complexity index is 353. The van der Waals surface area contributed by atoms with Gasteiger partial charge in [0.05, 0.1) is 0 Å². The molecule has 6 nitrogen and oxygen atoms in total. The van der Waals surface area contributed by atoms with Gasteiger partial charge in [0, 0.05) is 12.0 Å². The minimum Gasteiger partial charge on any atom is -0.443 e. The maximum Gasteiger partial charge on any atom is 0.283 e. The third-order valence-electron chi connectivity index (χ3n) is 1.73. The van der Waals surface area contributed by atoms with Gasteiger partial charge in [-0.3, -0.25) is 0 Å². The summed E-state index contributed by atoms with van der Waals surface area (Å²) >= 11 is 0. The number of nitriles is 2. The molecule has 6 heteroatoms. The lowest BCUT2D eigenvalue weighted by atomic mass is 10.0. The zero-order valence-corrected chi connectivity index (χ0v) is 9.28. The largest absolute Gasteiger partial charge is 0.443 e. The van der Waals surface area contributed by atoms with Gasteiger partial charge in [0.15, 0.2) is 5.79 Å². The van der Waals surface area contributed by atoms with Crippen LogP contribution in [0.1, 0.15) is 18.9 Å². The highest BCUT2D eigenvalue weighted by molar-refractivity contribution is 5.19. The van der Waals surface area contributed by atoms with Crippen molar-refractivity contribution in [3.8, 4) is 12.5 Å². The molecule has 0 aromatic heterocycles. The van der Waals surface area contributed by atoms with Gasteiger partial charge in [-0.2, -0.15) is 10.5 Å². The average molecular weight is 238 g/mol. The van der Waals surface area contributed by atoms with E-state index < -0.39 is 5.79 Å². The normalized spacial score (nSPS) is 8.29. The van der Waals surface area contributed by atoms with Gasteiger partial charge >= 0.3 is 0 Å². The van der Waals surface area contributed by atoms with Crippen LogP contribution in [0.15, 0.2) is 30.3 Å². The second kappa shape index (κ2) is 10.2. The first kappa shape index (κ1) is 17.1. The fourth-order valence-corrected chi connectivity index (χ4v) is 0.909. The Balaban J connectivity index is 0. The number of rotatable bonds is 2. The SMILES string of the molecule is CCC(O)(O)c1ccccc1.N#CO.N#CO. The van der Waals surface area contributed by atoms with E-state index in [4.69, 9.17) is 20.7 Å². The molecule has 4 N–H and O–H groups in total. The van der Waals surface area contributed by atoms with E-state index >= 15 is 0 Å². The van der Waals surface area contributed by atoms with Crippen molar-refractivity contribution >= 4 is 0 Å². The van der Waals surface area contributed by atoms with Crippen molar-refractivity contribution in [1.82, 2.24) is 0 Å². The minimum atomic E-state index is -1.67. The van der Waals surface area contributed by atoms with Crippen molar-refractivity contribution < 1.29 is 20.4 Å². The number of hydrogen-bond acceptors (Lipinski definition) is 6. The Hall–Kier alpha value is -2.28. The van der Waals surface area contributed by atoms with E-state index in [9.17, 15) is 10.2 Å². The summed E-state index contributed by atoms with van der Waals surface area (Å²) in [6.45, 7) is 1.73. The molecule has 0 radical (unpaired) electrons. The van der Waals surface area contributed by atoms with Crippen molar-refractivity contribution in [2.45, 2.75) is 19.1 Å². The van der Waals surface area contributed by atoms with Crippen LogP contribution in [0.2, 0.25) is 0 Å². The molecule has 0 atom stereocenters. The first-order chi connectivity index (χ1) is 7.99. The summed E-state index contributed by atoms with van der Waals surface area (Å²) in [5.74, 6) is -1.67. The number of hydrogen-bond donors (Lipinski definition) is 4. The summed E-state index contributed by atoms with van der Waals surface area (Å²) in [4.78, 5) is 0. The standard InChI is InChI=1S/C9H12O2.2CHNO/c1-2-9(10,11)8-6-4-3-5-7-8;2*2-1-3/h3-7,10-11H,2H2,1H3;2*3H. The molecule has 17 heavy (non-hydrogen) atoms. The van der Waals surface area contributed by atoms with Crippen LogP contribution in [-0.2, 0) is 5.79 Å². The maximum atomic E-state index is 9.35. The molecule has 0 aliphatic rings. The summed E-state index contributed by atoms with van der Waals surface area (Å²) in [6.07, 6.45) is 1.80. The van der Waals surface area contributed by atoms with Gasteiger partial charge in [0.1, 0.15) is 0 Å². The number of aliphatic hydroxyl groups is 4. The van der Waals surface area contributed by atoms with Crippen molar-refractivity contribution in [3.05, 3.63) is 35.9 Å². The van der Waals surface area contributed by atoms with Crippen molar-refractivity contribution in [1.29, 1.82) is 10.5 Å². The van der Waals surface area contributed by atoms with Crippen LogP contribution in [0.3, 0.4) is 0 Å². The third-order valence-corrected chi connectivity index (χ3v) is 1.73. The first-order valence-electron chi connectivity index (χ1n) is 4.56. The number of nitrogens with zero attached hydrogens (tertiary/aromatic N) is 2. The zero-order chi connectivity index (χ0) is 13.7. The Labute approximate surface area is 99.2 Å². The molecule has 0 unspecified atom stereocenters. The monoisotopic (exact) mass is 238 g/mol. The lowest BCUT2D eigenvalue weighted by molar-refractivity contribution is -0.171. The molecule has 0 spiro atoms. The highest BCUT2D eigenvalue weighted by Gasteiger charge is 2.21. The van der Waals surface area contributed by atoms with E-state index in [2.05, 4.69) is 0 Å². The molecule has 0 saturated heterocycles. The summed E-state index contributed by atoms with van der Waals surface area (Å²) in [5.41, 5.74) is 0.544. The Morgan fingerprint density at radius 2 is 1.41 bits per heavy atom. The van der Waals surface area contributed by atoms with E-state index in [-0.39, 0.29) is 0 Å². The molecule has 92 valence electrons. The van der Waals surface area contributed by atoms with E-state index in [0.717, 1.165) is 12.5 Å². The van der Waals surface area contributed by atoms with Crippen LogP contribution in [0, 0.1) is 23.0 Å². The highest BCUT2D eigenvalue weighted by atomic mass is 16.5. The molecule has 0 heterocycles. The minimum absolute atomic E-state index is 0.303. The Morgan fingerprint density at radius 3 is 1.71 bits per heavy atom. The zero-order valence-electron chi connectivity index (χ0n) is 9.28. The van der Waals surface area contributed by atoms with Crippen LogP contribution in [0.4, 0.5) is 0 Å². The molecule has 1 aromatic rings. The molecular formula is C11H14N2O4. The van der Waals surface area contributed by atoms with Crippen molar-refractivity contribution in [3.63, 3.8) is 0 Å². The van der Waals surface area contributed by atoms with Gasteiger partial charge in [-0.25, -0.2) is 0 Å². The lowest BCUT2D eigenvalue weighted by Gasteiger charge is -2.19. The molecule has 0 aliphatic heterocycles. The van der Waals surface area contributed by atoms with Crippen molar-refractivity contribution in [2.75, 3.05) is 0 Å². The van der Waals surface area contributed by atoms with Gasteiger partial charge in [0.25, 0.3) is 12.5 Å². The summed E-state index contributed by atoms with van der Waals surface area (Å²) in [5, 5.41) is 46.2. The molecule has 1 rings (SSSR count). The van der Waals surface area contributed by atoms with Gasteiger partial charge in [-0.05, 0) is 0 Å². The molecule has 0 bridgehead atoms. The summed E-state index contributed by atoms with van der Waals surface area (Å²) < 4.78 is 0. The highest BCUT2D eigenvalue weighted by Crippen LogP contribution is 2.20. The summed E-state index contributed by atoms with van der Waals surface area (Å²) in [6, 6.07) is 8.81. The lowest BCUT2D eigenvalue weighted by Crippen LogP contribution is -2.23. The van der Waals surface area contributed by atoms with Crippen molar-refractivity contribution in [2.24, 2.45) is 0 Å². The Morgan fingerprint density at radius 1 is 1.06 bits per heavy atom. The van der Waals surface area contributed by atoms with Crippen LogP contribution in [0.5, 0.6) is 0 Å². The van der Waals surface area contributed by atoms with Crippen LogP contribution < -0.4 is 0 Å². The second-order valence-corrected chi connectivity index (χ2v) is 2.74. The number of aliphatic hydroxyl groups excluding tert-OH is 2. The van der Waals surface area contributed by atoms with Gasteiger partial charge in [-0.15, -0.1) is 0 Å². The molecule has 0 amide bonds. The molecule has 0 fully saturated rings. The summed E-state index contributed by atoms with van der Waals surface area (Å²) in [7, 11) is 0. The first-order valence-corrected chi connectivity index (χ1v) is 4.56. The van der Waals surface area contributed by atoms with Crippen LogP contribution in [0.25, 0.3) is 0 Å². The maximum absolute atomic E-state index is 9.35.